The van der Waals surface area contributed by atoms with E-state index < -0.39 is 8.07 Å². The molecule has 0 aliphatic rings. The van der Waals surface area contributed by atoms with E-state index >= 15 is 0 Å². The molecule has 0 saturated carbocycles. The Labute approximate surface area is 150 Å². The summed E-state index contributed by atoms with van der Waals surface area (Å²) in [5.74, 6) is -0.270. The number of methoxy groups -OCH3 is 1. The highest BCUT2D eigenvalue weighted by Gasteiger charge is 2.27. The van der Waals surface area contributed by atoms with E-state index in [9.17, 15) is 9.59 Å². The highest BCUT2D eigenvalue weighted by molar-refractivity contribution is 6.90. The number of carbonyl (C=O) groups is 2. The molecule has 2 aromatic rings. The Morgan fingerprint density at radius 1 is 1.00 bits per heavy atom. The maximum absolute atomic E-state index is 12.3. The third-order valence-electron chi connectivity index (χ3n) is 4.29. The number of rotatable bonds is 6. The molecule has 130 valence electrons. The average Bonchev–Trinajstić information content (AvgIpc) is 2.61. The maximum Gasteiger partial charge on any atom is 0.333 e. The van der Waals surface area contributed by atoms with E-state index in [2.05, 4.69) is 25.2 Å². The van der Waals surface area contributed by atoms with Crippen molar-refractivity contribution in [3.05, 3.63) is 71.3 Å². The van der Waals surface area contributed by atoms with Gasteiger partial charge < -0.3 is 4.74 Å². The van der Waals surface area contributed by atoms with E-state index in [-0.39, 0.29) is 11.8 Å². The largest absolute Gasteiger partial charge is 0.466 e. The lowest BCUT2D eigenvalue weighted by Crippen LogP contribution is -2.42. The monoisotopic (exact) mass is 352 g/mol. The minimum atomic E-state index is -1.83. The Morgan fingerprint density at radius 2 is 1.60 bits per heavy atom. The zero-order chi connectivity index (χ0) is 18.4. The van der Waals surface area contributed by atoms with E-state index in [4.69, 9.17) is 4.74 Å². The van der Waals surface area contributed by atoms with Crippen LogP contribution in [0.15, 0.2) is 60.2 Å². The predicted octanol–water partition coefficient (Wildman–Crippen LogP) is 4.06. The fourth-order valence-electron chi connectivity index (χ4n) is 2.80. The summed E-state index contributed by atoms with van der Waals surface area (Å²) in [7, 11) is -0.419. The van der Waals surface area contributed by atoms with Crippen LogP contribution in [0, 0.1) is 0 Å². The summed E-state index contributed by atoms with van der Waals surface area (Å²) in [5, 5.41) is 1.30. The summed E-state index contributed by atoms with van der Waals surface area (Å²) in [6.45, 7) is 6.04. The molecule has 0 atom stereocenters. The Hall–Kier alpha value is -2.46. The number of carbonyl (C=O) groups excluding carboxylic acids is 2. The van der Waals surface area contributed by atoms with Crippen LogP contribution in [0.5, 0.6) is 0 Å². The molecule has 3 nitrogen and oxygen atoms in total. The molecule has 2 rings (SSSR count). The van der Waals surface area contributed by atoms with Gasteiger partial charge in [-0.1, -0.05) is 72.9 Å². The van der Waals surface area contributed by atoms with Crippen molar-refractivity contribution >= 4 is 31.1 Å². The van der Waals surface area contributed by atoms with E-state index in [1.807, 2.05) is 36.4 Å². The van der Waals surface area contributed by atoms with Gasteiger partial charge in [-0.05, 0) is 24.6 Å². The Bertz CT molecular complexity index is 775. The number of hydrogen-bond donors (Lipinski definition) is 0. The van der Waals surface area contributed by atoms with Gasteiger partial charge in [0.05, 0.1) is 15.2 Å². The van der Waals surface area contributed by atoms with Crippen LogP contribution in [0.25, 0.3) is 6.08 Å². The molecule has 25 heavy (non-hydrogen) atoms. The van der Waals surface area contributed by atoms with Gasteiger partial charge in [0, 0.05) is 11.1 Å². The van der Waals surface area contributed by atoms with Gasteiger partial charge in [-0.3, -0.25) is 4.79 Å². The van der Waals surface area contributed by atoms with Gasteiger partial charge in [0.25, 0.3) is 0 Å². The van der Waals surface area contributed by atoms with E-state index in [0.717, 1.165) is 5.56 Å². The number of esters is 1. The molecule has 0 fully saturated rings. The third kappa shape index (κ3) is 5.00. The summed E-state index contributed by atoms with van der Waals surface area (Å²) >= 11 is 0. The van der Waals surface area contributed by atoms with Crippen LogP contribution in [0.2, 0.25) is 19.1 Å². The zero-order valence-corrected chi connectivity index (χ0v) is 16.2. The quantitative estimate of drug-likeness (QED) is 0.341. The summed E-state index contributed by atoms with van der Waals surface area (Å²) in [6.07, 6.45) is 1.87. The van der Waals surface area contributed by atoms with Gasteiger partial charge in [0.2, 0.25) is 0 Å². The molecule has 4 heteroatoms. The summed E-state index contributed by atoms with van der Waals surface area (Å²) in [5.41, 5.74) is 2.22. The van der Waals surface area contributed by atoms with Gasteiger partial charge in [0.15, 0.2) is 5.78 Å². The second kappa shape index (κ2) is 8.08. The number of Topliss-reactive ketones (excluding diaryl/α,β-unsaturated/α-hetero) is 1. The molecular weight excluding hydrogens is 328 g/mol. The van der Waals surface area contributed by atoms with Gasteiger partial charge in [-0.15, -0.1) is 0 Å². The van der Waals surface area contributed by atoms with Crippen LogP contribution in [-0.2, 0) is 9.53 Å². The molecule has 0 radical (unpaired) electrons. The van der Waals surface area contributed by atoms with Gasteiger partial charge in [-0.25, -0.2) is 4.79 Å². The first kappa shape index (κ1) is 18.9. The standard InChI is InChI=1S/C21H24O3Si/c1-16(22)18-12-10-17(11-13-18)14-19(21(23)24-2)15-25(3,4)20-8-6-5-7-9-20/h5-14H,15H2,1-4H3/b19-14+. The van der Waals surface area contributed by atoms with Crippen molar-refractivity contribution in [2.24, 2.45) is 0 Å². The highest BCUT2D eigenvalue weighted by atomic mass is 28.3. The lowest BCUT2D eigenvalue weighted by molar-refractivity contribution is -0.135. The fraction of sp³-hybridized carbons (Fsp3) is 0.238. The summed E-state index contributed by atoms with van der Waals surface area (Å²) < 4.78 is 4.99. The molecule has 0 unspecified atom stereocenters. The second-order valence-corrected chi connectivity index (χ2v) is 11.5. The van der Waals surface area contributed by atoms with Crippen LogP contribution >= 0.6 is 0 Å². The first-order valence-electron chi connectivity index (χ1n) is 8.29. The van der Waals surface area contributed by atoms with Crippen molar-refractivity contribution in [3.63, 3.8) is 0 Å². The Morgan fingerprint density at radius 3 is 2.12 bits per heavy atom. The van der Waals surface area contributed by atoms with Crippen LogP contribution in [-0.4, -0.2) is 26.9 Å². The van der Waals surface area contributed by atoms with E-state index in [1.54, 1.807) is 19.1 Å². The molecule has 0 spiro atoms. The summed E-state index contributed by atoms with van der Waals surface area (Å²) in [4.78, 5) is 23.7. The van der Waals surface area contributed by atoms with Gasteiger partial charge in [-0.2, -0.15) is 0 Å². The highest BCUT2D eigenvalue weighted by Crippen LogP contribution is 2.21. The minimum Gasteiger partial charge on any atom is -0.466 e. The lowest BCUT2D eigenvalue weighted by Gasteiger charge is -2.23. The zero-order valence-electron chi connectivity index (χ0n) is 15.2. The SMILES string of the molecule is COC(=O)/C(=C/c1ccc(C(C)=O)cc1)C[Si](C)(C)c1ccccc1. The smallest absolute Gasteiger partial charge is 0.333 e. The van der Waals surface area contributed by atoms with Crippen LogP contribution in [0.4, 0.5) is 0 Å². The van der Waals surface area contributed by atoms with Crippen molar-refractivity contribution in [3.8, 4) is 0 Å². The first-order chi connectivity index (χ1) is 11.8. The van der Waals surface area contributed by atoms with Crippen molar-refractivity contribution in [1.82, 2.24) is 0 Å². The molecule has 0 N–H and O–H groups in total. The molecule has 0 bridgehead atoms. The topological polar surface area (TPSA) is 43.4 Å². The normalized spacial score (nSPS) is 11.9. The van der Waals surface area contributed by atoms with E-state index in [1.165, 1.54) is 12.3 Å². The first-order valence-corrected chi connectivity index (χ1v) is 11.5. The molecule has 0 saturated heterocycles. The molecule has 0 aliphatic heterocycles. The third-order valence-corrected chi connectivity index (χ3v) is 7.45. The van der Waals surface area contributed by atoms with Crippen LogP contribution < -0.4 is 5.19 Å². The predicted molar refractivity (Wildman–Crippen MR) is 105 cm³/mol. The number of ether oxygens (including phenoxy) is 1. The van der Waals surface area contributed by atoms with Crippen molar-refractivity contribution in [1.29, 1.82) is 0 Å². The molecular formula is C21H24O3Si. The Balaban J connectivity index is 2.33. The molecule has 0 aromatic heterocycles. The maximum atomic E-state index is 12.3. The van der Waals surface area contributed by atoms with Crippen molar-refractivity contribution in [2.75, 3.05) is 7.11 Å². The Kier molecular flexibility index (Phi) is 6.10. The van der Waals surface area contributed by atoms with Gasteiger partial charge >= 0.3 is 5.97 Å². The molecule has 0 aliphatic carbocycles. The molecule has 2 aromatic carbocycles. The van der Waals surface area contributed by atoms with Crippen molar-refractivity contribution in [2.45, 2.75) is 26.1 Å². The van der Waals surface area contributed by atoms with Gasteiger partial charge in [0.1, 0.15) is 0 Å². The molecule has 0 amide bonds. The molecule has 0 heterocycles. The van der Waals surface area contributed by atoms with Crippen LogP contribution in [0.3, 0.4) is 0 Å². The fourth-order valence-corrected chi connectivity index (χ4v) is 5.29. The van der Waals surface area contributed by atoms with Crippen molar-refractivity contribution < 1.29 is 14.3 Å². The second-order valence-electron chi connectivity index (χ2n) is 6.77. The number of hydrogen-bond acceptors (Lipinski definition) is 3. The number of benzene rings is 2. The average molecular weight is 353 g/mol. The minimum absolute atomic E-state index is 0.0290. The lowest BCUT2D eigenvalue weighted by atomic mass is 10.1. The number of ketones is 1. The van der Waals surface area contributed by atoms with Crippen LogP contribution in [0.1, 0.15) is 22.8 Å². The van der Waals surface area contributed by atoms with E-state index in [0.29, 0.717) is 17.2 Å². The summed E-state index contributed by atoms with van der Waals surface area (Å²) in [6, 6.07) is 18.3.